The minimum absolute atomic E-state index is 0.910. The fraction of sp³-hybridized carbons (Fsp3) is 0.714. The normalized spacial score (nSPS) is 40.5. The van der Waals surface area contributed by atoms with Gasteiger partial charge in [0.15, 0.2) is 5.92 Å². The number of halogens is 3. The third-order valence-corrected chi connectivity index (χ3v) is 2.48. The maximum absolute atomic E-state index is 12.4. The van der Waals surface area contributed by atoms with Gasteiger partial charge < -0.3 is 4.74 Å². The molecule has 1 fully saturated rings. The molecule has 0 N–H and O–H groups in total. The predicted molar refractivity (Wildman–Crippen MR) is 38.1 cm³/mol. The molecule has 0 amide bonds. The second-order valence-corrected chi connectivity index (χ2v) is 3.29. The Morgan fingerprint density at radius 1 is 1.29 bits per heavy atom. The smallest absolute Gasteiger partial charge is 0.359 e. The van der Waals surface area contributed by atoms with Gasteiger partial charge in [-0.1, -0.05) is 12.2 Å². The SMILES string of the molecule is O=[N+]([O-])[C@H]1[C@H](C(F)(F)F)[C@@H]2C=C[C@H]1O2. The Bertz CT molecular complexity index is 301. The molecule has 0 spiro atoms. The number of fused-ring (bicyclic) bond motifs is 2. The van der Waals surface area contributed by atoms with Crippen LogP contribution in [0.3, 0.4) is 0 Å². The van der Waals surface area contributed by atoms with Crippen LogP contribution in [-0.4, -0.2) is 29.3 Å². The van der Waals surface area contributed by atoms with E-state index >= 15 is 0 Å². The van der Waals surface area contributed by atoms with E-state index in [-0.39, 0.29) is 0 Å². The van der Waals surface area contributed by atoms with Crippen molar-refractivity contribution in [1.82, 2.24) is 0 Å². The van der Waals surface area contributed by atoms with Crippen molar-refractivity contribution in [3.63, 3.8) is 0 Å². The van der Waals surface area contributed by atoms with E-state index in [0.717, 1.165) is 0 Å². The molecule has 7 heteroatoms. The fourth-order valence-corrected chi connectivity index (χ4v) is 1.92. The lowest BCUT2D eigenvalue weighted by Gasteiger charge is -2.21. The highest BCUT2D eigenvalue weighted by Crippen LogP contribution is 2.44. The number of ether oxygens (including phenoxy) is 1. The van der Waals surface area contributed by atoms with Crippen LogP contribution in [-0.2, 0) is 4.74 Å². The van der Waals surface area contributed by atoms with Crippen LogP contribution < -0.4 is 0 Å². The van der Waals surface area contributed by atoms with E-state index in [0.29, 0.717) is 0 Å². The zero-order chi connectivity index (χ0) is 10.5. The lowest BCUT2D eigenvalue weighted by molar-refractivity contribution is -0.540. The molecular weight excluding hydrogens is 203 g/mol. The average molecular weight is 209 g/mol. The molecule has 2 aliphatic heterocycles. The number of nitro groups is 1. The molecule has 0 unspecified atom stereocenters. The van der Waals surface area contributed by atoms with Gasteiger partial charge in [0, 0.05) is 4.92 Å². The van der Waals surface area contributed by atoms with E-state index in [9.17, 15) is 23.3 Å². The van der Waals surface area contributed by atoms with E-state index < -0.39 is 35.3 Å². The van der Waals surface area contributed by atoms with Crippen molar-refractivity contribution in [1.29, 1.82) is 0 Å². The summed E-state index contributed by atoms with van der Waals surface area (Å²) in [4.78, 5) is 9.53. The van der Waals surface area contributed by atoms with E-state index in [2.05, 4.69) is 0 Å². The molecule has 0 radical (unpaired) electrons. The Kier molecular flexibility index (Phi) is 1.82. The third kappa shape index (κ3) is 1.19. The Morgan fingerprint density at radius 3 is 2.29 bits per heavy atom. The van der Waals surface area contributed by atoms with Gasteiger partial charge in [0.1, 0.15) is 6.10 Å². The van der Waals surface area contributed by atoms with Gasteiger partial charge in [-0.25, -0.2) is 0 Å². The van der Waals surface area contributed by atoms with Gasteiger partial charge in [-0.2, -0.15) is 13.2 Å². The van der Waals surface area contributed by atoms with Crippen molar-refractivity contribution in [2.24, 2.45) is 5.92 Å². The molecule has 2 bridgehead atoms. The molecule has 2 rings (SSSR count). The molecule has 2 heterocycles. The van der Waals surface area contributed by atoms with Crippen LogP contribution in [0.2, 0.25) is 0 Å². The van der Waals surface area contributed by atoms with Crippen molar-refractivity contribution < 1.29 is 22.8 Å². The van der Waals surface area contributed by atoms with E-state index in [1.165, 1.54) is 12.2 Å². The predicted octanol–water partition coefficient (Wildman–Crippen LogP) is 1.15. The molecule has 0 aromatic rings. The van der Waals surface area contributed by atoms with Crippen LogP contribution in [0, 0.1) is 16.0 Å². The highest BCUT2D eigenvalue weighted by atomic mass is 19.4. The van der Waals surface area contributed by atoms with Gasteiger partial charge in [0.05, 0.1) is 6.10 Å². The number of nitrogens with zero attached hydrogens (tertiary/aromatic N) is 1. The minimum Gasteiger partial charge on any atom is -0.359 e. The number of hydrogen-bond acceptors (Lipinski definition) is 3. The minimum atomic E-state index is -4.58. The Labute approximate surface area is 76.5 Å². The largest absolute Gasteiger partial charge is 0.401 e. The molecule has 1 saturated heterocycles. The first-order chi connectivity index (χ1) is 6.41. The van der Waals surface area contributed by atoms with Crippen molar-refractivity contribution in [3.8, 4) is 0 Å². The Hall–Kier alpha value is -1.11. The summed E-state index contributed by atoms with van der Waals surface area (Å²) in [6.07, 6.45) is -4.23. The number of hydrogen-bond donors (Lipinski definition) is 0. The monoisotopic (exact) mass is 209 g/mol. The zero-order valence-corrected chi connectivity index (χ0v) is 6.77. The van der Waals surface area contributed by atoms with Crippen molar-refractivity contribution in [2.45, 2.75) is 24.4 Å². The topological polar surface area (TPSA) is 52.4 Å². The maximum Gasteiger partial charge on any atom is 0.401 e. The van der Waals surface area contributed by atoms with Gasteiger partial charge in [-0.05, 0) is 0 Å². The van der Waals surface area contributed by atoms with Gasteiger partial charge in [0.25, 0.3) is 6.04 Å². The van der Waals surface area contributed by atoms with Crippen molar-refractivity contribution >= 4 is 0 Å². The van der Waals surface area contributed by atoms with Crippen LogP contribution >= 0.6 is 0 Å². The Morgan fingerprint density at radius 2 is 1.86 bits per heavy atom. The molecular formula is C7H6F3NO3. The van der Waals surface area contributed by atoms with Crippen LogP contribution in [0.5, 0.6) is 0 Å². The van der Waals surface area contributed by atoms with E-state index in [4.69, 9.17) is 4.74 Å². The summed E-state index contributed by atoms with van der Waals surface area (Å²) in [7, 11) is 0. The highest BCUT2D eigenvalue weighted by molar-refractivity contribution is 5.16. The van der Waals surface area contributed by atoms with Crippen molar-refractivity contribution in [2.75, 3.05) is 0 Å². The second-order valence-electron chi connectivity index (χ2n) is 3.29. The first kappa shape index (κ1) is 9.45. The van der Waals surface area contributed by atoms with Crippen LogP contribution in [0.15, 0.2) is 12.2 Å². The summed E-state index contributed by atoms with van der Waals surface area (Å²) in [6.45, 7) is 0. The Balaban J connectivity index is 2.31. The molecule has 4 atom stereocenters. The summed E-state index contributed by atoms with van der Waals surface area (Å²) in [6, 6.07) is -1.69. The number of rotatable bonds is 1. The van der Waals surface area contributed by atoms with Crippen LogP contribution in [0.4, 0.5) is 13.2 Å². The fourth-order valence-electron chi connectivity index (χ4n) is 1.92. The standard InChI is InChI=1S/C7H6F3NO3/c8-7(9,10)5-3-1-2-4(14-3)6(5)11(12)13/h1-6H/t3-,4+,5+,6+/m0/s1. The average Bonchev–Trinajstić information content (AvgIpc) is 2.58. The van der Waals surface area contributed by atoms with Gasteiger partial charge in [0.2, 0.25) is 0 Å². The lowest BCUT2D eigenvalue weighted by atomic mass is 9.89. The molecule has 0 aromatic heterocycles. The van der Waals surface area contributed by atoms with E-state index in [1.54, 1.807) is 0 Å². The summed E-state index contributed by atoms with van der Waals surface area (Å²) in [5, 5.41) is 10.4. The third-order valence-electron chi connectivity index (χ3n) is 2.48. The summed E-state index contributed by atoms with van der Waals surface area (Å²) >= 11 is 0. The summed E-state index contributed by atoms with van der Waals surface area (Å²) in [5.41, 5.74) is 0. The first-order valence-electron chi connectivity index (χ1n) is 3.95. The molecule has 0 aromatic carbocycles. The van der Waals surface area contributed by atoms with Crippen LogP contribution in [0.1, 0.15) is 0 Å². The molecule has 2 aliphatic rings. The van der Waals surface area contributed by atoms with E-state index in [1.807, 2.05) is 0 Å². The van der Waals surface area contributed by atoms with Crippen LogP contribution in [0.25, 0.3) is 0 Å². The molecule has 4 nitrogen and oxygen atoms in total. The van der Waals surface area contributed by atoms with Gasteiger partial charge >= 0.3 is 6.18 Å². The van der Waals surface area contributed by atoms with Gasteiger partial charge in [-0.15, -0.1) is 0 Å². The quantitative estimate of drug-likeness (QED) is 0.369. The molecule has 14 heavy (non-hydrogen) atoms. The molecule has 78 valence electrons. The highest BCUT2D eigenvalue weighted by Gasteiger charge is 2.64. The maximum atomic E-state index is 12.4. The lowest BCUT2D eigenvalue weighted by Crippen LogP contribution is -2.44. The second kappa shape index (κ2) is 2.69. The summed E-state index contributed by atoms with van der Waals surface area (Å²) < 4.78 is 42.0. The molecule has 0 aliphatic carbocycles. The van der Waals surface area contributed by atoms with Crippen molar-refractivity contribution in [3.05, 3.63) is 22.3 Å². The van der Waals surface area contributed by atoms with Gasteiger partial charge in [-0.3, -0.25) is 10.1 Å². The first-order valence-corrected chi connectivity index (χ1v) is 3.95. The summed E-state index contributed by atoms with van der Waals surface area (Å²) in [5.74, 6) is -2.01. The molecule has 0 saturated carbocycles. The number of alkyl halides is 3. The zero-order valence-electron chi connectivity index (χ0n) is 6.77.